The van der Waals surface area contributed by atoms with E-state index in [9.17, 15) is 5.11 Å². The van der Waals surface area contributed by atoms with Gasteiger partial charge in [-0.15, -0.1) is 10.2 Å². The van der Waals surface area contributed by atoms with Gasteiger partial charge in [-0.3, -0.25) is 4.90 Å². The Labute approximate surface area is 175 Å². The van der Waals surface area contributed by atoms with E-state index in [0.717, 1.165) is 37.5 Å². The van der Waals surface area contributed by atoms with Crippen LogP contribution in [-0.4, -0.2) is 72.7 Å². The monoisotopic (exact) mass is 410 g/mol. The molecule has 1 saturated heterocycles. The summed E-state index contributed by atoms with van der Waals surface area (Å²) < 4.78 is 16.2. The van der Waals surface area contributed by atoms with Crippen molar-refractivity contribution in [3.8, 4) is 23.0 Å². The molecule has 2 aromatic carbocycles. The second kappa shape index (κ2) is 9.60. The maximum Gasteiger partial charge on any atom is 0.247 e. The first kappa shape index (κ1) is 20.2. The average Bonchev–Trinajstić information content (AvgIpc) is 3.34. The summed E-state index contributed by atoms with van der Waals surface area (Å²) in [7, 11) is 1.68. The van der Waals surface area contributed by atoms with Crippen molar-refractivity contribution in [1.29, 1.82) is 0 Å². The summed E-state index contributed by atoms with van der Waals surface area (Å²) in [6.45, 7) is 4.46. The first-order valence-electron chi connectivity index (χ1n) is 10.00. The van der Waals surface area contributed by atoms with Gasteiger partial charge in [0.25, 0.3) is 0 Å². The molecule has 2 heterocycles. The third-order valence-corrected chi connectivity index (χ3v) is 5.16. The zero-order valence-corrected chi connectivity index (χ0v) is 17.0. The lowest BCUT2D eigenvalue weighted by Gasteiger charge is -2.37. The van der Waals surface area contributed by atoms with E-state index >= 15 is 0 Å². The maximum atomic E-state index is 10.4. The highest BCUT2D eigenvalue weighted by atomic mass is 16.5. The molecule has 0 spiro atoms. The lowest BCUT2D eigenvalue weighted by molar-refractivity contribution is 0.0663. The summed E-state index contributed by atoms with van der Waals surface area (Å²) in [5.41, 5.74) is 2.00. The minimum atomic E-state index is -0.552. The summed E-state index contributed by atoms with van der Waals surface area (Å²) in [5.74, 6) is 2.03. The molecule has 1 atom stereocenters. The molecule has 0 bridgehead atoms. The molecule has 1 aromatic heterocycles. The normalized spacial score (nSPS) is 15.7. The summed E-state index contributed by atoms with van der Waals surface area (Å²) in [6.07, 6.45) is 0.746. The minimum absolute atomic E-state index is 0.246. The van der Waals surface area contributed by atoms with Crippen LogP contribution in [0.3, 0.4) is 0 Å². The third kappa shape index (κ3) is 5.08. The number of aliphatic hydroxyl groups excluding tert-OH is 1. The topological polar surface area (TPSA) is 84.1 Å². The number of anilines is 1. The smallest absolute Gasteiger partial charge is 0.247 e. The van der Waals surface area contributed by atoms with E-state index in [4.69, 9.17) is 13.9 Å². The molecule has 1 aliphatic heterocycles. The highest BCUT2D eigenvalue weighted by Crippen LogP contribution is 2.22. The number of ether oxygens (including phenoxy) is 2. The minimum Gasteiger partial charge on any atom is -0.497 e. The fourth-order valence-corrected chi connectivity index (χ4v) is 3.53. The van der Waals surface area contributed by atoms with Gasteiger partial charge in [-0.1, -0.05) is 6.07 Å². The van der Waals surface area contributed by atoms with Crippen molar-refractivity contribution >= 4 is 5.69 Å². The summed E-state index contributed by atoms with van der Waals surface area (Å²) in [6, 6.07) is 15.5. The van der Waals surface area contributed by atoms with Crippen LogP contribution in [0.2, 0.25) is 0 Å². The fourth-order valence-electron chi connectivity index (χ4n) is 3.53. The number of β-amino-alcohol motifs (C(OH)–C–C–N with tert-alkyl or cyclic N) is 1. The van der Waals surface area contributed by atoms with Crippen LogP contribution in [0.15, 0.2) is 59.3 Å². The number of aromatic nitrogens is 2. The molecule has 0 amide bonds. The van der Waals surface area contributed by atoms with Crippen LogP contribution in [0.5, 0.6) is 11.5 Å². The standard InChI is InChI=1S/C22H26N4O4/c1-28-21-4-2-3-18(13-21)26-11-9-25(10-12-26)14-19(27)15-29-20-7-5-17(6-8-20)22-24-23-16-30-22/h2-8,13,16,19,27H,9-12,14-15H2,1H3. The van der Waals surface area contributed by atoms with E-state index < -0.39 is 6.10 Å². The molecular weight excluding hydrogens is 384 g/mol. The highest BCUT2D eigenvalue weighted by molar-refractivity contribution is 5.53. The molecule has 8 heteroatoms. The Balaban J connectivity index is 1.21. The zero-order chi connectivity index (χ0) is 20.8. The number of aliphatic hydroxyl groups is 1. The van der Waals surface area contributed by atoms with Crippen molar-refractivity contribution in [3.63, 3.8) is 0 Å². The molecule has 1 fully saturated rings. The Morgan fingerprint density at radius 1 is 1.07 bits per heavy atom. The van der Waals surface area contributed by atoms with E-state index in [0.29, 0.717) is 18.2 Å². The van der Waals surface area contributed by atoms with Crippen molar-refractivity contribution in [2.45, 2.75) is 6.10 Å². The summed E-state index contributed by atoms with van der Waals surface area (Å²) >= 11 is 0. The number of rotatable bonds is 8. The van der Waals surface area contributed by atoms with Crippen molar-refractivity contribution in [2.75, 3.05) is 51.3 Å². The average molecular weight is 410 g/mol. The molecule has 0 saturated carbocycles. The van der Waals surface area contributed by atoms with E-state index in [1.807, 2.05) is 36.4 Å². The molecule has 30 heavy (non-hydrogen) atoms. The van der Waals surface area contributed by atoms with Gasteiger partial charge < -0.3 is 23.9 Å². The van der Waals surface area contributed by atoms with Crippen LogP contribution in [0.1, 0.15) is 0 Å². The molecule has 3 aromatic rings. The second-order valence-electron chi connectivity index (χ2n) is 7.22. The lowest BCUT2D eigenvalue weighted by Crippen LogP contribution is -2.49. The maximum absolute atomic E-state index is 10.4. The fraction of sp³-hybridized carbons (Fsp3) is 0.364. The van der Waals surface area contributed by atoms with Crippen molar-refractivity contribution < 1.29 is 19.0 Å². The van der Waals surface area contributed by atoms with E-state index in [1.165, 1.54) is 12.1 Å². The molecule has 158 valence electrons. The number of hydrogen-bond acceptors (Lipinski definition) is 8. The number of nitrogens with zero attached hydrogens (tertiary/aromatic N) is 4. The Kier molecular flexibility index (Phi) is 6.46. The zero-order valence-electron chi connectivity index (χ0n) is 17.0. The molecule has 1 unspecified atom stereocenters. The van der Waals surface area contributed by atoms with Gasteiger partial charge in [0, 0.05) is 50.0 Å². The SMILES string of the molecule is COc1cccc(N2CCN(CC(O)COc3ccc(-c4nnco4)cc3)CC2)c1. The van der Waals surface area contributed by atoms with Crippen LogP contribution in [0.25, 0.3) is 11.5 Å². The Bertz CT molecular complexity index is 909. The van der Waals surface area contributed by atoms with Crippen LogP contribution in [-0.2, 0) is 0 Å². The Morgan fingerprint density at radius 2 is 1.87 bits per heavy atom. The van der Waals surface area contributed by atoms with Gasteiger partial charge in [0.2, 0.25) is 12.3 Å². The number of hydrogen-bond donors (Lipinski definition) is 1. The molecule has 0 radical (unpaired) electrons. The van der Waals surface area contributed by atoms with Gasteiger partial charge in [0.15, 0.2) is 0 Å². The third-order valence-electron chi connectivity index (χ3n) is 5.16. The Hall–Kier alpha value is -3.10. The Morgan fingerprint density at radius 3 is 2.57 bits per heavy atom. The van der Waals surface area contributed by atoms with Crippen LogP contribution < -0.4 is 14.4 Å². The molecule has 1 N–H and O–H groups in total. The van der Waals surface area contributed by atoms with Gasteiger partial charge in [-0.05, 0) is 36.4 Å². The van der Waals surface area contributed by atoms with Gasteiger partial charge in [0.05, 0.1) is 7.11 Å². The van der Waals surface area contributed by atoms with Crippen molar-refractivity contribution in [1.82, 2.24) is 15.1 Å². The quantitative estimate of drug-likeness (QED) is 0.606. The number of piperazine rings is 1. The van der Waals surface area contributed by atoms with Crippen molar-refractivity contribution in [2.24, 2.45) is 0 Å². The van der Waals surface area contributed by atoms with E-state index in [-0.39, 0.29) is 6.61 Å². The van der Waals surface area contributed by atoms with Gasteiger partial charge in [-0.2, -0.15) is 0 Å². The molecule has 8 nitrogen and oxygen atoms in total. The summed E-state index contributed by atoms with van der Waals surface area (Å²) in [5, 5.41) is 17.9. The first-order chi connectivity index (χ1) is 14.7. The second-order valence-corrected chi connectivity index (χ2v) is 7.22. The predicted molar refractivity (Wildman–Crippen MR) is 113 cm³/mol. The van der Waals surface area contributed by atoms with Gasteiger partial charge in [0.1, 0.15) is 24.2 Å². The van der Waals surface area contributed by atoms with E-state index in [2.05, 4.69) is 32.1 Å². The van der Waals surface area contributed by atoms with Gasteiger partial charge in [-0.25, -0.2) is 0 Å². The number of methoxy groups -OCH3 is 1. The van der Waals surface area contributed by atoms with Crippen molar-refractivity contribution in [3.05, 3.63) is 54.9 Å². The predicted octanol–water partition coefficient (Wildman–Crippen LogP) is 2.31. The molecule has 1 aliphatic rings. The summed E-state index contributed by atoms with van der Waals surface area (Å²) in [4.78, 5) is 4.61. The van der Waals surface area contributed by atoms with Crippen LogP contribution in [0.4, 0.5) is 5.69 Å². The largest absolute Gasteiger partial charge is 0.497 e. The van der Waals surface area contributed by atoms with Crippen LogP contribution in [0, 0.1) is 0 Å². The van der Waals surface area contributed by atoms with E-state index in [1.54, 1.807) is 7.11 Å². The van der Waals surface area contributed by atoms with Crippen LogP contribution >= 0.6 is 0 Å². The molecule has 0 aliphatic carbocycles. The molecular formula is C22H26N4O4. The lowest BCUT2D eigenvalue weighted by atomic mass is 10.2. The van der Waals surface area contributed by atoms with Gasteiger partial charge >= 0.3 is 0 Å². The number of benzene rings is 2. The first-order valence-corrected chi connectivity index (χ1v) is 10.00. The highest BCUT2D eigenvalue weighted by Gasteiger charge is 2.20. The molecule has 4 rings (SSSR count).